The number of benzene rings is 2. The lowest BCUT2D eigenvalue weighted by atomic mass is 10.2. The van der Waals surface area contributed by atoms with Gasteiger partial charge in [-0.15, -0.1) is 0 Å². The molecule has 1 aromatic heterocycles. The van der Waals surface area contributed by atoms with Crippen molar-refractivity contribution in [1.29, 1.82) is 0 Å². The monoisotopic (exact) mass is 390 g/mol. The van der Waals surface area contributed by atoms with Crippen molar-refractivity contribution in [3.63, 3.8) is 0 Å². The van der Waals surface area contributed by atoms with Crippen molar-refractivity contribution < 1.29 is 22.4 Å². The van der Waals surface area contributed by atoms with Gasteiger partial charge in [0.15, 0.2) is 17.5 Å². The third kappa shape index (κ3) is 4.25. The zero-order valence-corrected chi connectivity index (χ0v) is 14.6. The smallest absolute Gasteiger partial charge is 0.274 e. The van der Waals surface area contributed by atoms with Gasteiger partial charge in [0.1, 0.15) is 11.5 Å². The number of halogens is 4. The molecule has 3 rings (SSSR count). The van der Waals surface area contributed by atoms with Crippen molar-refractivity contribution in [2.24, 2.45) is 0 Å². The number of amides is 1. The highest BCUT2D eigenvalue weighted by atomic mass is 19.2. The zero-order chi connectivity index (χ0) is 20.3. The molecule has 0 saturated heterocycles. The standard InChI is InChI=1S/C19H14F4N4O/c1-10-8-15(18(28)26-14-7-6-13(21)16(22)17(14)23)27-19(25-10)24-9-11-4-2-3-5-12(11)20/h2-8H,9H2,1H3,(H,26,28)(H,24,25,27). The molecular formula is C19H14F4N4O. The van der Waals surface area contributed by atoms with Crippen LogP contribution in [0.4, 0.5) is 29.2 Å². The predicted molar refractivity (Wildman–Crippen MR) is 94.8 cm³/mol. The largest absolute Gasteiger partial charge is 0.350 e. The first-order chi connectivity index (χ1) is 13.3. The number of hydrogen-bond acceptors (Lipinski definition) is 4. The van der Waals surface area contributed by atoms with Gasteiger partial charge >= 0.3 is 0 Å². The molecule has 2 aromatic carbocycles. The van der Waals surface area contributed by atoms with Crippen LogP contribution in [0.3, 0.4) is 0 Å². The van der Waals surface area contributed by atoms with Crippen molar-refractivity contribution in [2.75, 3.05) is 10.6 Å². The molecule has 1 heterocycles. The summed E-state index contributed by atoms with van der Waals surface area (Å²) in [5.41, 5.74) is 0.137. The topological polar surface area (TPSA) is 66.9 Å². The van der Waals surface area contributed by atoms with E-state index in [1.807, 2.05) is 0 Å². The highest BCUT2D eigenvalue weighted by Crippen LogP contribution is 2.20. The minimum atomic E-state index is -1.69. The van der Waals surface area contributed by atoms with Gasteiger partial charge in [-0.05, 0) is 31.2 Å². The predicted octanol–water partition coefficient (Wildman–Crippen LogP) is 4.21. The molecule has 0 atom stereocenters. The third-order valence-electron chi connectivity index (χ3n) is 3.77. The molecule has 5 nitrogen and oxygen atoms in total. The number of aromatic nitrogens is 2. The molecule has 1 amide bonds. The fourth-order valence-corrected chi connectivity index (χ4v) is 2.39. The van der Waals surface area contributed by atoms with Crippen molar-refractivity contribution in [2.45, 2.75) is 13.5 Å². The number of aryl methyl sites for hydroxylation is 1. The molecule has 3 aromatic rings. The molecule has 0 aliphatic heterocycles. The summed E-state index contributed by atoms with van der Waals surface area (Å²) in [4.78, 5) is 20.4. The number of nitrogens with one attached hydrogen (secondary N) is 2. The van der Waals surface area contributed by atoms with Gasteiger partial charge in [0.2, 0.25) is 5.95 Å². The summed E-state index contributed by atoms with van der Waals surface area (Å²) in [5, 5.41) is 4.94. The SMILES string of the molecule is Cc1cc(C(=O)Nc2ccc(F)c(F)c2F)nc(NCc2ccccc2F)n1. The Bertz CT molecular complexity index is 1040. The van der Waals surface area contributed by atoms with Crippen LogP contribution in [-0.2, 0) is 6.54 Å². The highest BCUT2D eigenvalue weighted by Gasteiger charge is 2.17. The second-order valence-electron chi connectivity index (χ2n) is 5.84. The van der Waals surface area contributed by atoms with Crippen molar-refractivity contribution in [1.82, 2.24) is 9.97 Å². The van der Waals surface area contributed by atoms with E-state index in [4.69, 9.17) is 0 Å². The Morgan fingerprint density at radius 3 is 2.46 bits per heavy atom. The average Bonchev–Trinajstić information content (AvgIpc) is 2.67. The van der Waals surface area contributed by atoms with Crippen LogP contribution in [0.1, 0.15) is 21.7 Å². The van der Waals surface area contributed by atoms with Gasteiger partial charge in [-0.2, -0.15) is 0 Å². The van der Waals surface area contributed by atoms with Gasteiger partial charge in [0, 0.05) is 17.8 Å². The van der Waals surface area contributed by atoms with Crippen LogP contribution >= 0.6 is 0 Å². The van der Waals surface area contributed by atoms with E-state index in [9.17, 15) is 22.4 Å². The molecule has 0 unspecified atom stereocenters. The molecular weight excluding hydrogens is 376 g/mol. The molecule has 28 heavy (non-hydrogen) atoms. The molecule has 0 fully saturated rings. The van der Waals surface area contributed by atoms with Crippen molar-refractivity contribution in [3.8, 4) is 0 Å². The molecule has 2 N–H and O–H groups in total. The first-order valence-electron chi connectivity index (χ1n) is 8.13. The lowest BCUT2D eigenvalue weighted by Gasteiger charge is -2.10. The number of anilines is 2. The second kappa shape index (κ2) is 8.03. The van der Waals surface area contributed by atoms with Crippen molar-refractivity contribution >= 4 is 17.5 Å². The minimum absolute atomic E-state index is 0.0548. The number of rotatable bonds is 5. The number of hydrogen-bond donors (Lipinski definition) is 2. The maximum Gasteiger partial charge on any atom is 0.274 e. The maximum absolute atomic E-state index is 13.7. The fraction of sp³-hybridized carbons (Fsp3) is 0.105. The summed E-state index contributed by atoms with van der Waals surface area (Å²) < 4.78 is 53.7. The van der Waals surface area contributed by atoms with Crippen LogP contribution in [0.25, 0.3) is 0 Å². The Kier molecular flexibility index (Phi) is 5.53. The first-order valence-corrected chi connectivity index (χ1v) is 8.13. The Balaban J connectivity index is 1.78. The maximum atomic E-state index is 13.7. The molecule has 0 radical (unpaired) electrons. The summed E-state index contributed by atoms with van der Waals surface area (Å²) in [5.74, 6) is -5.77. The van der Waals surface area contributed by atoms with Gasteiger partial charge in [-0.3, -0.25) is 4.79 Å². The highest BCUT2D eigenvalue weighted by molar-refractivity contribution is 6.03. The van der Waals surface area contributed by atoms with E-state index in [-0.39, 0.29) is 18.2 Å². The zero-order valence-electron chi connectivity index (χ0n) is 14.6. The number of carbonyl (C=O) groups excluding carboxylic acids is 1. The third-order valence-corrected chi connectivity index (χ3v) is 3.77. The lowest BCUT2D eigenvalue weighted by molar-refractivity contribution is 0.102. The Morgan fingerprint density at radius 2 is 1.71 bits per heavy atom. The van der Waals surface area contributed by atoms with Gasteiger partial charge in [0.25, 0.3) is 5.91 Å². The molecule has 9 heteroatoms. The van der Waals surface area contributed by atoms with E-state index in [0.717, 1.165) is 6.07 Å². The Morgan fingerprint density at radius 1 is 0.964 bits per heavy atom. The van der Waals surface area contributed by atoms with E-state index in [0.29, 0.717) is 17.3 Å². The van der Waals surface area contributed by atoms with Crippen LogP contribution in [0.2, 0.25) is 0 Å². The molecule has 0 bridgehead atoms. The van der Waals surface area contributed by atoms with Crippen molar-refractivity contribution in [3.05, 3.63) is 82.7 Å². The average molecular weight is 390 g/mol. The van der Waals surface area contributed by atoms with Gasteiger partial charge in [0.05, 0.1) is 5.69 Å². The lowest BCUT2D eigenvalue weighted by Crippen LogP contribution is -2.17. The van der Waals surface area contributed by atoms with Crippen LogP contribution in [0, 0.1) is 30.2 Å². The Hall–Kier alpha value is -3.49. The minimum Gasteiger partial charge on any atom is -0.350 e. The summed E-state index contributed by atoms with van der Waals surface area (Å²) in [7, 11) is 0. The van der Waals surface area contributed by atoms with Crippen LogP contribution < -0.4 is 10.6 Å². The van der Waals surface area contributed by atoms with Crippen LogP contribution in [0.5, 0.6) is 0 Å². The molecule has 144 valence electrons. The normalized spacial score (nSPS) is 10.6. The number of carbonyl (C=O) groups is 1. The van der Waals surface area contributed by atoms with Gasteiger partial charge in [-0.1, -0.05) is 18.2 Å². The molecule has 0 saturated carbocycles. The molecule has 0 aliphatic rings. The first kappa shape index (κ1) is 19.3. The molecule has 0 spiro atoms. The van der Waals surface area contributed by atoms with Gasteiger partial charge in [-0.25, -0.2) is 27.5 Å². The van der Waals surface area contributed by atoms with Gasteiger partial charge < -0.3 is 10.6 Å². The summed E-state index contributed by atoms with van der Waals surface area (Å²) in [6.45, 7) is 1.68. The van der Waals surface area contributed by atoms with Crippen LogP contribution in [-0.4, -0.2) is 15.9 Å². The Labute approximate surface area is 157 Å². The summed E-state index contributed by atoms with van der Waals surface area (Å²) in [6, 6.07) is 9.05. The van der Waals surface area contributed by atoms with E-state index in [1.54, 1.807) is 25.1 Å². The fourth-order valence-electron chi connectivity index (χ4n) is 2.39. The van der Waals surface area contributed by atoms with E-state index < -0.39 is 34.9 Å². The number of nitrogens with zero attached hydrogens (tertiary/aromatic N) is 2. The summed E-state index contributed by atoms with van der Waals surface area (Å²) >= 11 is 0. The van der Waals surface area contributed by atoms with E-state index in [2.05, 4.69) is 20.6 Å². The van der Waals surface area contributed by atoms with Crippen LogP contribution in [0.15, 0.2) is 42.5 Å². The summed E-state index contributed by atoms with van der Waals surface area (Å²) in [6.07, 6.45) is 0. The second-order valence-corrected chi connectivity index (χ2v) is 5.84. The molecule has 0 aliphatic carbocycles. The van der Waals surface area contributed by atoms with E-state index >= 15 is 0 Å². The van der Waals surface area contributed by atoms with E-state index in [1.165, 1.54) is 12.1 Å². The quantitative estimate of drug-likeness (QED) is 0.506.